The van der Waals surface area contributed by atoms with Crippen molar-refractivity contribution in [2.75, 3.05) is 11.4 Å². The van der Waals surface area contributed by atoms with E-state index in [1.54, 1.807) is 16.7 Å². The van der Waals surface area contributed by atoms with Crippen LogP contribution in [0.15, 0.2) is 59.6 Å². The molecule has 0 spiro atoms. The van der Waals surface area contributed by atoms with E-state index in [1.165, 1.54) is 0 Å². The first-order valence-electron chi connectivity index (χ1n) is 8.03. The van der Waals surface area contributed by atoms with Gasteiger partial charge in [-0.2, -0.15) is 0 Å². The number of urea groups is 1. The molecule has 1 N–H and O–H groups in total. The van der Waals surface area contributed by atoms with E-state index in [-0.39, 0.29) is 6.03 Å². The number of carbonyl (C=O) groups is 1. The molecule has 0 aromatic heterocycles. The Bertz CT molecular complexity index is 728. The fourth-order valence-electron chi connectivity index (χ4n) is 2.45. The Morgan fingerprint density at radius 3 is 2.54 bits per heavy atom. The number of aliphatic imine (C=N–C) groups is 1. The summed E-state index contributed by atoms with van der Waals surface area (Å²) >= 11 is 1.64. The number of nitrogens with one attached hydrogen (secondary N) is 1. The van der Waals surface area contributed by atoms with Crippen molar-refractivity contribution in [3.63, 3.8) is 0 Å². The molecule has 0 saturated carbocycles. The molecule has 24 heavy (non-hydrogen) atoms. The Balaban J connectivity index is 1.78. The summed E-state index contributed by atoms with van der Waals surface area (Å²) in [6.07, 6.45) is 0. The van der Waals surface area contributed by atoms with E-state index in [2.05, 4.69) is 17.2 Å². The highest BCUT2D eigenvalue weighted by molar-refractivity contribution is 8.15. The van der Waals surface area contributed by atoms with Gasteiger partial charge in [-0.1, -0.05) is 66.7 Å². The third-order valence-corrected chi connectivity index (χ3v) is 4.84. The maximum absolute atomic E-state index is 12.8. The van der Waals surface area contributed by atoms with E-state index in [0.29, 0.717) is 11.8 Å². The van der Waals surface area contributed by atoms with Crippen molar-refractivity contribution in [1.29, 1.82) is 0 Å². The van der Waals surface area contributed by atoms with Gasteiger partial charge in [0.05, 0.1) is 12.2 Å². The lowest BCUT2D eigenvalue weighted by molar-refractivity contribution is 0.249. The molecule has 0 bridgehead atoms. The summed E-state index contributed by atoms with van der Waals surface area (Å²) in [6, 6.07) is 17.7. The number of hydrogen-bond acceptors (Lipinski definition) is 3. The summed E-state index contributed by atoms with van der Waals surface area (Å²) in [4.78, 5) is 19.0. The fourth-order valence-corrected chi connectivity index (χ4v) is 3.40. The number of hydrogen-bond donors (Lipinski definition) is 1. The molecule has 0 fully saturated rings. The van der Waals surface area contributed by atoms with E-state index >= 15 is 0 Å². The number of aryl methyl sites for hydroxylation is 1. The number of benzene rings is 2. The third-order valence-electron chi connectivity index (χ3n) is 3.76. The van der Waals surface area contributed by atoms with Crippen LogP contribution in [0, 0.1) is 6.92 Å². The number of thioether (sulfide) groups is 1. The zero-order valence-electron chi connectivity index (χ0n) is 13.9. The minimum absolute atomic E-state index is 0.150. The molecule has 124 valence electrons. The van der Waals surface area contributed by atoms with Gasteiger partial charge in [-0.3, -0.25) is 4.99 Å². The van der Waals surface area contributed by atoms with Gasteiger partial charge in [-0.15, -0.1) is 0 Å². The monoisotopic (exact) mass is 339 g/mol. The molecule has 2 aromatic carbocycles. The van der Waals surface area contributed by atoms with Gasteiger partial charge in [-0.25, -0.2) is 9.69 Å². The average molecular weight is 339 g/mol. The van der Waals surface area contributed by atoms with Crippen LogP contribution < -0.4 is 10.2 Å². The quantitative estimate of drug-likeness (QED) is 0.911. The zero-order valence-corrected chi connectivity index (χ0v) is 14.7. The molecule has 4 nitrogen and oxygen atoms in total. The molecular weight excluding hydrogens is 318 g/mol. The summed E-state index contributed by atoms with van der Waals surface area (Å²) in [5.41, 5.74) is 3.08. The van der Waals surface area contributed by atoms with Gasteiger partial charge in [0.15, 0.2) is 5.17 Å². The standard InChI is InChI=1S/C19H21N3OS/c1-14-8-10-17(11-9-14)22(19-21-12-15(2)24-19)18(23)20-13-16-6-4-3-5-7-16/h3-11,15H,12-13H2,1-2H3,(H,20,23)/t15-/m0/s1. The second kappa shape index (κ2) is 7.53. The van der Waals surface area contributed by atoms with Crippen LogP contribution in [0.4, 0.5) is 10.5 Å². The van der Waals surface area contributed by atoms with Crippen LogP contribution in [-0.2, 0) is 6.54 Å². The van der Waals surface area contributed by atoms with Crippen LogP contribution in [-0.4, -0.2) is 23.0 Å². The molecule has 3 rings (SSSR count). The first kappa shape index (κ1) is 16.6. The van der Waals surface area contributed by atoms with Crippen LogP contribution in [0.25, 0.3) is 0 Å². The summed E-state index contributed by atoms with van der Waals surface area (Å²) in [5, 5.41) is 4.16. The van der Waals surface area contributed by atoms with Crippen molar-refractivity contribution in [1.82, 2.24) is 5.32 Å². The van der Waals surface area contributed by atoms with Crippen LogP contribution in [0.5, 0.6) is 0 Å². The predicted molar refractivity (Wildman–Crippen MR) is 102 cm³/mol. The molecule has 0 saturated heterocycles. The molecule has 2 aromatic rings. The Labute approximate surface area is 147 Å². The lowest BCUT2D eigenvalue weighted by atomic mass is 10.2. The lowest BCUT2D eigenvalue weighted by Gasteiger charge is -2.23. The second-order valence-electron chi connectivity index (χ2n) is 5.87. The minimum Gasteiger partial charge on any atom is -0.333 e. The third kappa shape index (κ3) is 3.97. The van der Waals surface area contributed by atoms with Gasteiger partial charge in [0, 0.05) is 11.8 Å². The Hall–Kier alpha value is -2.27. The number of rotatable bonds is 3. The average Bonchev–Trinajstić information content (AvgIpc) is 3.02. The van der Waals surface area contributed by atoms with Crippen LogP contribution in [0.1, 0.15) is 18.1 Å². The molecular formula is C19H21N3OS. The largest absolute Gasteiger partial charge is 0.333 e. The van der Waals surface area contributed by atoms with E-state index in [9.17, 15) is 4.79 Å². The Kier molecular flexibility index (Phi) is 5.20. The Morgan fingerprint density at radius 2 is 1.92 bits per heavy atom. The first-order chi connectivity index (χ1) is 11.6. The highest BCUT2D eigenvalue weighted by Crippen LogP contribution is 2.27. The van der Waals surface area contributed by atoms with Crippen molar-refractivity contribution in [3.05, 3.63) is 65.7 Å². The SMILES string of the molecule is Cc1ccc(N(C(=O)NCc2ccccc2)C2=NC[C@H](C)S2)cc1. The summed E-state index contributed by atoms with van der Waals surface area (Å²) in [6.45, 7) is 5.40. The smallest absolute Gasteiger partial charge is 0.328 e. The molecule has 0 unspecified atom stereocenters. The highest BCUT2D eigenvalue weighted by Gasteiger charge is 2.27. The maximum atomic E-state index is 12.8. The fraction of sp³-hybridized carbons (Fsp3) is 0.263. The molecule has 1 aliphatic heterocycles. The molecule has 1 atom stereocenters. The maximum Gasteiger partial charge on any atom is 0.328 e. The molecule has 1 aliphatic rings. The second-order valence-corrected chi connectivity index (χ2v) is 7.27. The number of nitrogens with zero attached hydrogens (tertiary/aromatic N) is 2. The summed E-state index contributed by atoms with van der Waals surface area (Å²) in [5.74, 6) is 0. The van der Waals surface area contributed by atoms with E-state index in [0.717, 1.165) is 28.5 Å². The van der Waals surface area contributed by atoms with E-state index in [1.807, 2.05) is 61.5 Å². The van der Waals surface area contributed by atoms with Crippen molar-refractivity contribution >= 4 is 28.6 Å². The van der Waals surface area contributed by atoms with Crippen molar-refractivity contribution in [2.24, 2.45) is 4.99 Å². The number of amidine groups is 1. The Morgan fingerprint density at radius 1 is 1.21 bits per heavy atom. The number of carbonyl (C=O) groups excluding carboxylic acids is 1. The van der Waals surface area contributed by atoms with Gasteiger partial charge >= 0.3 is 6.03 Å². The molecule has 0 radical (unpaired) electrons. The molecule has 0 aliphatic carbocycles. The molecule has 2 amide bonds. The van der Waals surface area contributed by atoms with Gasteiger partial charge in [0.25, 0.3) is 0 Å². The van der Waals surface area contributed by atoms with Crippen LogP contribution >= 0.6 is 11.8 Å². The zero-order chi connectivity index (χ0) is 16.9. The first-order valence-corrected chi connectivity index (χ1v) is 8.91. The number of amides is 2. The summed E-state index contributed by atoms with van der Waals surface area (Å²) in [7, 11) is 0. The topological polar surface area (TPSA) is 44.7 Å². The van der Waals surface area contributed by atoms with E-state index < -0.39 is 0 Å². The summed E-state index contributed by atoms with van der Waals surface area (Å²) < 4.78 is 0. The lowest BCUT2D eigenvalue weighted by Crippen LogP contribution is -2.42. The highest BCUT2D eigenvalue weighted by atomic mass is 32.2. The minimum atomic E-state index is -0.150. The normalized spacial score (nSPS) is 16.6. The van der Waals surface area contributed by atoms with E-state index in [4.69, 9.17) is 0 Å². The molecule has 1 heterocycles. The van der Waals surface area contributed by atoms with Crippen molar-refractivity contribution in [3.8, 4) is 0 Å². The predicted octanol–water partition coefficient (Wildman–Crippen LogP) is 4.20. The van der Waals surface area contributed by atoms with Crippen LogP contribution in [0.2, 0.25) is 0 Å². The van der Waals surface area contributed by atoms with Gasteiger partial charge in [-0.05, 0) is 24.6 Å². The van der Waals surface area contributed by atoms with Gasteiger partial charge < -0.3 is 5.32 Å². The molecule has 5 heteroatoms. The van der Waals surface area contributed by atoms with Crippen LogP contribution in [0.3, 0.4) is 0 Å². The number of anilines is 1. The van der Waals surface area contributed by atoms with Gasteiger partial charge in [0.2, 0.25) is 0 Å². The van der Waals surface area contributed by atoms with Crippen molar-refractivity contribution < 1.29 is 4.79 Å². The van der Waals surface area contributed by atoms with Crippen molar-refractivity contribution in [2.45, 2.75) is 25.6 Å². The van der Waals surface area contributed by atoms with Gasteiger partial charge in [0.1, 0.15) is 0 Å².